The van der Waals surface area contributed by atoms with Crippen LogP contribution in [0.5, 0.6) is 5.75 Å². The molecule has 6 nitrogen and oxygen atoms in total. The lowest BCUT2D eigenvalue weighted by atomic mass is 10.2. The molecule has 0 radical (unpaired) electrons. The number of nitrogens with zero attached hydrogens (tertiary/aromatic N) is 1. The first-order valence-electron chi connectivity index (χ1n) is 5.18. The highest BCUT2D eigenvalue weighted by Gasteiger charge is 2.16. The molecule has 0 saturated carbocycles. The van der Waals surface area contributed by atoms with Gasteiger partial charge >= 0.3 is 5.69 Å². The fraction of sp³-hybridized carbons (Fsp3) is 0.400. The number of hydrogen-bond acceptors (Lipinski definition) is 5. The molecular formula is C10H11ClFNO5S. The highest BCUT2D eigenvalue weighted by atomic mass is 35.7. The van der Waals surface area contributed by atoms with Gasteiger partial charge in [-0.2, -0.15) is 4.39 Å². The maximum absolute atomic E-state index is 13.3. The molecule has 0 aliphatic heterocycles. The van der Waals surface area contributed by atoms with Crippen LogP contribution in [0.15, 0.2) is 18.2 Å². The van der Waals surface area contributed by atoms with Gasteiger partial charge in [0.05, 0.1) is 17.3 Å². The van der Waals surface area contributed by atoms with Crippen LogP contribution >= 0.6 is 10.7 Å². The Balaban J connectivity index is 2.64. The monoisotopic (exact) mass is 311 g/mol. The first-order valence-corrected chi connectivity index (χ1v) is 7.66. The van der Waals surface area contributed by atoms with Gasteiger partial charge in [-0.15, -0.1) is 0 Å². The smallest absolute Gasteiger partial charge is 0.305 e. The van der Waals surface area contributed by atoms with Gasteiger partial charge in [-0.3, -0.25) is 10.1 Å². The van der Waals surface area contributed by atoms with E-state index >= 15 is 0 Å². The Morgan fingerprint density at radius 2 is 2.16 bits per heavy atom. The van der Waals surface area contributed by atoms with Crippen LogP contribution in [0.4, 0.5) is 10.1 Å². The molecule has 0 heterocycles. The van der Waals surface area contributed by atoms with Crippen molar-refractivity contribution in [1.82, 2.24) is 0 Å². The highest BCUT2D eigenvalue weighted by molar-refractivity contribution is 8.13. The first kappa shape index (κ1) is 15.6. The van der Waals surface area contributed by atoms with Crippen molar-refractivity contribution >= 4 is 25.4 Å². The van der Waals surface area contributed by atoms with E-state index in [1.165, 1.54) is 6.07 Å². The summed E-state index contributed by atoms with van der Waals surface area (Å²) in [6.45, 7) is 1.60. The molecule has 1 aromatic rings. The predicted octanol–water partition coefficient (Wildman–Crippen LogP) is 2.32. The highest BCUT2D eigenvalue weighted by Crippen LogP contribution is 2.22. The van der Waals surface area contributed by atoms with Crippen LogP contribution in [0.25, 0.3) is 0 Å². The van der Waals surface area contributed by atoms with Crippen molar-refractivity contribution in [2.75, 3.05) is 12.4 Å². The van der Waals surface area contributed by atoms with E-state index in [1.54, 1.807) is 6.92 Å². The third-order valence-electron chi connectivity index (χ3n) is 2.13. The van der Waals surface area contributed by atoms with Crippen molar-refractivity contribution in [3.63, 3.8) is 0 Å². The van der Waals surface area contributed by atoms with Crippen molar-refractivity contribution in [2.24, 2.45) is 5.92 Å². The molecule has 1 atom stereocenters. The molecule has 0 spiro atoms. The quantitative estimate of drug-likeness (QED) is 0.457. The Morgan fingerprint density at radius 1 is 1.53 bits per heavy atom. The summed E-state index contributed by atoms with van der Waals surface area (Å²) < 4.78 is 40.0. The second kappa shape index (κ2) is 6.16. The summed E-state index contributed by atoms with van der Waals surface area (Å²) in [6, 6.07) is 3.09. The summed E-state index contributed by atoms with van der Waals surface area (Å²) in [6.07, 6.45) is 0. The number of ether oxygens (including phenoxy) is 1. The normalized spacial score (nSPS) is 13.0. The van der Waals surface area contributed by atoms with Gasteiger partial charge in [0.2, 0.25) is 14.9 Å². The van der Waals surface area contributed by atoms with E-state index in [-0.39, 0.29) is 24.0 Å². The Labute approximate surface area is 113 Å². The molecule has 9 heteroatoms. The zero-order valence-corrected chi connectivity index (χ0v) is 11.4. The van der Waals surface area contributed by atoms with Crippen molar-refractivity contribution in [2.45, 2.75) is 6.92 Å². The van der Waals surface area contributed by atoms with Crippen molar-refractivity contribution in [3.05, 3.63) is 34.1 Å². The first-order chi connectivity index (χ1) is 8.69. The molecule has 0 N–H and O–H groups in total. The lowest BCUT2D eigenvalue weighted by Crippen LogP contribution is -2.16. The molecule has 1 aromatic carbocycles. The second-order valence-electron chi connectivity index (χ2n) is 3.99. The van der Waals surface area contributed by atoms with E-state index in [2.05, 4.69) is 0 Å². The van der Waals surface area contributed by atoms with Crippen LogP contribution in [0, 0.1) is 21.8 Å². The summed E-state index contributed by atoms with van der Waals surface area (Å²) in [5, 5.41) is 10.4. The third-order valence-corrected chi connectivity index (χ3v) is 3.48. The molecule has 0 aliphatic rings. The van der Waals surface area contributed by atoms with E-state index in [9.17, 15) is 22.9 Å². The number of benzene rings is 1. The minimum Gasteiger partial charge on any atom is -0.493 e. The summed E-state index contributed by atoms with van der Waals surface area (Å²) in [4.78, 5) is 9.55. The van der Waals surface area contributed by atoms with Crippen molar-refractivity contribution in [1.29, 1.82) is 0 Å². The van der Waals surface area contributed by atoms with Gasteiger partial charge in [0.1, 0.15) is 5.75 Å². The van der Waals surface area contributed by atoms with Crippen LogP contribution < -0.4 is 4.74 Å². The topological polar surface area (TPSA) is 86.5 Å². The van der Waals surface area contributed by atoms with E-state index in [1.807, 2.05) is 0 Å². The van der Waals surface area contributed by atoms with Crippen LogP contribution in [-0.2, 0) is 9.05 Å². The predicted molar refractivity (Wildman–Crippen MR) is 67.4 cm³/mol. The maximum atomic E-state index is 13.3. The Morgan fingerprint density at radius 3 is 2.63 bits per heavy atom. The molecule has 106 valence electrons. The summed E-state index contributed by atoms with van der Waals surface area (Å²) >= 11 is 0. The van der Waals surface area contributed by atoms with E-state index in [4.69, 9.17) is 15.4 Å². The number of halogens is 2. The van der Waals surface area contributed by atoms with Gasteiger partial charge in [0, 0.05) is 28.7 Å². The minimum absolute atomic E-state index is 0.00318. The lowest BCUT2D eigenvalue weighted by molar-refractivity contribution is -0.387. The summed E-state index contributed by atoms with van der Waals surface area (Å²) in [5.74, 6) is -1.59. The zero-order chi connectivity index (χ0) is 14.6. The Hall–Kier alpha value is -1.41. The minimum atomic E-state index is -3.63. The van der Waals surface area contributed by atoms with E-state index < -0.39 is 25.5 Å². The number of rotatable bonds is 6. The summed E-state index contributed by atoms with van der Waals surface area (Å²) in [5.41, 5.74) is -0.649. The van der Waals surface area contributed by atoms with E-state index in [0.29, 0.717) is 0 Å². The molecule has 1 unspecified atom stereocenters. The lowest BCUT2D eigenvalue weighted by Gasteiger charge is -2.11. The van der Waals surface area contributed by atoms with Gasteiger partial charge in [-0.05, 0) is 6.07 Å². The summed E-state index contributed by atoms with van der Waals surface area (Å²) in [7, 11) is 1.45. The van der Waals surface area contributed by atoms with Crippen LogP contribution in [0.3, 0.4) is 0 Å². The van der Waals surface area contributed by atoms with Gasteiger partial charge in [0.25, 0.3) is 0 Å². The van der Waals surface area contributed by atoms with Gasteiger partial charge in [-0.25, -0.2) is 8.42 Å². The van der Waals surface area contributed by atoms with Crippen LogP contribution in [-0.4, -0.2) is 25.7 Å². The fourth-order valence-corrected chi connectivity index (χ4v) is 2.77. The number of hydrogen-bond donors (Lipinski definition) is 0. The molecule has 0 amide bonds. The maximum Gasteiger partial charge on any atom is 0.305 e. The average molecular weight is 312 g/mol. The van der Waals surface area contributed by atoms with Gasteiger partial charge in [0.15, 0.2) is 0 Å². The fourth-order valence-electron chi connectivity index (χ4n) is 1.35. The number of nitro benzene ring substituents is 1. The molecule has 0 saturated heterocycles. The Kier molecular flexibility index (Phi) is 5.07. The van der Waals surface area contributed by atoms with Crippen molar-refractivity contribution < 1.29 is 22.5 Å². The van der Waals surface area contributed by atoms with Crippen molar-refractivity contribution in [3.8, 4) is 5.75 Å². The molecule has 0 aromatic heterocycles. The van der Waals surface area contributed by atoms with Gasteiger partial charge < -0.3 is 4.74 Å². The van der Waals surface area contributed by atoms with Gasteiger partial charge in [-0.1, -0.05) is 6.92 Å². The molecule has 0 bridgehead atoms. The molecule has 0 aliphatic carbocycles. The SMILES string of the molecule is CC(COc1ccc([N+](=O)[O-])c(F)c1)CS(=O)(=O)Cl. The Bertz CT molecular complexity index is 577. The molecule has 0 fully saturated rings. The number of nitro groups is 1. The zero-order valence-electron chi connectivity index (χ0n) is 9.88. The second-order valence-corrected chi connectivity index (χ2v) is 6.81. The van der Waals surface area contributed by atoms with Crippen LogP contribution in [0.1, 0.15) is 6.92 Å². The average Bonchev–Trinajstić information content (AvgIpc) is 2.23. The third kappa shape index (κ3) is 5.39. The molecule has 1 rings (SSSR count). The standard InChI is InChI=1S/C10H11ClFNO5S/c1-7(6-19(11,16)17)5-18-8-2-3-10(13(14)15)9(12)4-8/h2-4,7H,5-6H2,1H3. The largest absolute Gasteiger partial charge is 0.493 e. The molecular weight excluding hydrogens is 301 g/mol. The molecule has 19 heavy (non-hydrogen) atoms. The van der Waals surface area contributed by atoms with E-state index in [0.717, 1.165) is 12.1 Å². The van der Waals surface area contributed by atoms with Crippen LogP contribution in [0.2, 0.25) is 0 Å².